The zero-order valence-corrected chi connectivity index (χ0v) is 18.4. The highest BCUT2D eigenvalue weighted by molar-refractivity contribution is 7.12. The number of anilines is 2. The van der Waals surface area contributed by atoms with E-state index in [0.717, 1.165) is 5.56 Å². The van der Waals surface area contributed by atoms with Gasteiger partial charge in [-0.15, -0.1) is 11.3 Å². The van der Waals surface area contributed by atoms with Crippen LogP contribution in [0.2, 0.25) is 0 Å². The van der Waals surface area contributed by atoms with Crippen molar-refractivity contribution in [3.05, 3.63) is 82.0 Å². The molecule has 0 aliphatic heterocycles. The normalized spacial score (nSPS) is 11.6. The second kappa shape index (κ2) is 10.0. The maximum absolute atomic E-state index is 12.7. The Bertz CT molecular complexity index is 1080. The first-order chi connectivity index (χ1) is 14.8. The first-order valence-corrected chi connectivity index (χ1v) is 10.8. The number of rotatable bonds is 7. The topological polar surface area (TPSA) is 84.5 Å². The van der Waals surface area contributed by atoms with E-state index in [9.17, 15) is 14.4 Å². The molecule has 160 valence electrons. The SMILES string of the molecule is CC(C)OC(=O)C(C)c1cccc(NC(=O)c2cccc(NC(=O)c3cccs3)c2)c1. The van der Waals surface area contributed by atoms with Gasteiger partial charge in [0.25, 0.3) is 11.8 Å². The maximum atomic E-state index is 12.7. The Morgan fingerprint density at radius 2 is 1.52 bits per heavy atom. The van der Waals surface area contributed by atoms with Gasteiger partial charge in [0.05, 0.1) is 16.9 Å². The van der Waals surface area contributed by atoms with Crippen molar-refractivity contribution in [1.29, 1.82) is 0 Å². The number of nitrogens with one attached hydrogen (secondary N) is 2. The fourth-order valence-corrected chi connectivity index (χ4v) is 3.52. The van der Waals surface area contributed by atoms with Crippen molar-refractivity contribution < 1.29 is 19.1 Å². The van der Waals surface area contributed by atoms with Crippen molar-refractivity contribution in [2.75, 3.05) is 10.6 Å². The summed E-state index contributed by atoms with van der Waals surface area (Å²) in [4.78, 5) is 37.7. The number of amides is 2. The molecule has 7 heteroatoms. The highest BCUT2D eigenvalue weighted by Gasteiger charge is 2.18. The second-order valence-corrected chi connectivity index (χ2v) is 8.25. The molecule has 0 radical (unpaired) electrons. The van der Waals surface area contributed by atoms with E-state index in [4.69, 9.17) is 4.74 Å². The molecule has 0 bridgehead atoms. The van der Waals surface area contributed by atoms with Crippen molar-refractivity contribution in [3.63, 3.8) is 0 Å². The van der Waals surface area contributed by atoms with Crippen molar-refractivity contribution in [1.82, 2.24) is 0 Å². The van der Waals surface area contributed by atoms with Gasteiger partial charge in [-0.1, -0.05) is 24.3 Å². The monoisotopic (exact) mass is 436 g/mol. The van der Waals surface area contributed by atoms with E-state index in [1.807, 2.05) is 11.4 Å². The minimum absolute atomic E-state index is 0.189. The van der Waals surface area contributed by atoms with Gasteiger partial charge in [0, 0.05) is 16.9 Å². The summed E-state index contributed by atoms with van der Waals surface area (Å²) < 4.78 is 5.27. The summed E-state index contributed by atoms with van der Waals surface area (Å²) in [5, 5.41) is 7.46. The van der Waals surface area contributed by atoms with Crippen LogP contribution in [0.15, 0.2) is 66.0 Å². The molecular weight excluding hydrogens is 412 g/mol. The largest absolute Gasteiger partial charge is 0.463 e. The van der Waals surface area contributed by atoms with Crippen molar-refractivity contribution in [2.24, 2.45) is 0 Å². The Morgan fingerprint density at radius 3 is 2.19 bits per heavy atom. The lowest BCUT2D eigenvalue weighted by Crippen LogP contribution is -2.18. The van der Waals surface area contributed by atoms with E-state index in [0.29, 0.717) is 21.8 Å². The summed E-state index contributed by atoms with van der Waals surface area (Å²) >= 11 is 1.35. The summed E-state index contributed by atoms with van der Waals surface area (Å²) in [6.07, 6.45) is -0.189. The summed E-state index contributed by atoms with van der Waals surface area (Å²) in [6.45, 7) is 5.38. The van der Waals surface area contributed by atoms with Crippen LogP contribution in [0.1, 0.15) is 52.3 Å². The van der Waals surface area contributed by atoms with Gasteiger partial charge in [-0.05, 0) is 68.1 Å². The van der Waals surface area contributed by atoms with Crippen LogP contribution >= 0.6 is 11.3 Å². The van der Waals surface area contributed by atoms with Gasteiger partial charge in [-0.2, -0.15) is 0 Å². The molecule has 3 rings (SSSR count). The van der Waals surface area contributed by atoms with Gasteiger partial charge in [-0.25, -0.2) is 0 Å². The lowest BCUT2D eigenvalue weighted by Gasteiger charge is -2.15. The van der Waals surface area contributed by atoms with Gasteiger partial charge in [0.15, 0.2) is 0 Å². The van der Waals surface area contributed by atoms with E-state index in [1.165, 1.54) is 11.3 Å². The number of hydrogen-bond donors (Lipinski definition) is 2. The lowest BCUT2D eigenvalue weighted by molar-refractivity contribution is -0.148. The van der Waals surface area contributed by atoms with Crippen LogP contribution in [-0.4, -0.2) is 23.9 Å². The molecule has 0 spiro atoms. The van der Waals surface area contributed by atoms with E-state index in [-0.39, 0.29) is 23.9 Å². The third kappa shape index (κ3) is 6.02. The fourth-order valence-electron chi connectivity index (χ4n) is 2.90. The molecule has 2 amide bonds. The van der Waals surface area contributed by atoms with Gasteiger partial charge < -0.3 is 15.4 Å². The van der Waals surface area contributed by atoms with Crippen LogP contribution in [0.3, 0.4) is 0 Å². The van der Waals surface area contributed by atoms with Crippen molar-refractivity contribution >= 4 is 40.5 Å². The molecular formula is C24H24N2O4S. The standard InChI is InChI=1S/C24H24N2O4S/c1-15(2)30-24(29)16(3)17-7-4-9-19(13-17)25-22(27)18-8-5-10-20(14-18)26-23(28)21-11-6-12-31-21/h4-16H,1-3H3,(H,25,27)(H,26,28). The molecule has 31 heavy (non-hydrogen) atoms. The van der Waals surface area contributed by atoms with Crippen LogP contribution in [0.5, 0.6) is 0 Å². The number of hydrogen-bond acceptors (Lipinski definition) is 5. The van der Waals surface area contributed by atoms with E-state index in [1.54, 1.807) is 75.4 Å². The average Bonchev–Trinajstić information content (AvgIpc) is 3.28. The van der Waals surface area contributed by atoms with Crippen LogP contribution < -0.4 is 10.6 Å². The van der Waals surface area contributed by atoms with Crippen LogP contribution in [0, 0.1) is 0 Å². The Labute approximate surface area is 185 Å². The van der Waals surface area contributed by atoms with E-state index < -0.39 is 5.92 Å². The predicted octanol–water partition coefficient (Wildman–Crippen LogP) is 5.31. The highest BCUT2D eigenvalue weighted by atomic mass is 32.1. The Balaban J connectivity index is 1.69. The summed E-state index contributed by atoms with van der Waals surface area (Å²) in [7, 11) is 0. The second-order valence-electron chi connectivity index (χ2n) is 7.30. The highest BCUT2D eigenvalue weighted by Crippen LogP contribution is 2.22. The van der Waals surface area contributed by atoms with Crippen molar-refractivity contribution in [3.8, 4) is 0 Å². The first-order valence-electron chi connectivity index (χ1n) is 9.90. The maximum Gasteiger partial charge on any atom is 0.313 e. The number of carbonyl (C=O) groups is 3. The van der Waals surface area contributed by atoms with Gasteiger partial charge >= 0.3 is 5.97 Å². The zero-order valence-electron chi connectivity index (χ0n) is 17.5. The Kier molecular flexibility index (Phi) is 7.20. The number of thiophene rings is 1. The molecule has 0 saturated carbocycles. The minimum atomic E-state index is -0.449. The first kappa shape index (κ1) is 22.2. The number of carbonyl (C=O) groups excluding carboxylic acids is 3. The Hall–Kier alpha value is -3.45. The molecule has 0 aliphatic rings. The molecule has 0 fully saturated rings. The molecule has 3 aromatic rings. The minimum Gasteiger partial charge on any atom is -0.463 e. The molecule has 2 aromatic carbocycles. The molecule has 0 saturated heterocycles. The van der Waals surface area contributed by atoms with Gasteiger partial charge in [0.1, 0.15) is 0 Å². The molecule has 2 N–H and O–H groups in total. The molecule has 1 unspecified atom stereocenters. The number of ether oxygens (including phenoxy) is 1. The Morgan fingerprint density at radius 1 is 0.839 bits per heavy atom. The average molecular weight is 437 g/mol. The zero-order chi connectivity index (χ0) is 22.4. The quantitative estimate of drug-likeness (QED) is 0.492. The number of esters is 1. The van der Waals surface area contributed by atoms with Crippen molar-refractivity contribution in [2.45, 2.75) is 32.8 Å². The smallest absolute Gasteiger partial charge is 0.313 e. The fraction of sp³-hybridized carbons (Fsp3) is 0.208. The van der Waals surface area contributed by atoms with E-state index in [2.05, 4.69) is 10.6 Å². The molecule has 1 atom stereocenters. The summed E-state index contributed by atoms with van der Waals surface area (Å²) in [6, 6.07) is 17.4. The van der Waals surface area contributed by atoms with Gasteiger partial charge in [-0.3, -0.25) is 14.4 Å². The van der Waals surface area contributed by atoms with Crippen LogP contribution in [0.4, 0.5) is 11.4 Å². The summed E-state index contributed by atoms with van der Waals surface area (Å²) in [5.74, 6) is -1.30. The van der Waals surface area contributed by atoms with Crippen LogP contribution in [0.25, 0.3) is 0 Å². The van der Waals surface area contributed by atoms with Gasteiger partial charge in [0.2, 0.25) is 0 Å². The lowest BCUT2D eigenvalue weighted by atomic mass is 10.0. The molecule has 6 nitrogen and oxygen atoms in total. The number of benzene rings is 2. The third-order valence-corrected chi connectivity index (χ3v) is 5.35. The third-order valence-electron chi connectivity index (χ3n) is 4.48. The summed E-state index contributed by atoms with van der Waals surface area (Å²) in [5.41, 5.74) is 2.26. The predicted molar refractivity (Wildman–Crippen MR) is 123 cm³/mol. The molecule has 1 heterocycles. The van der Waals surface area contributed by atoms with Crippen LogP contribution in [-0.2, 0) is 9.53 Å². The molecule has 0 aliphatic carbocycles. The van der Waals surface area contributed by atoms with E-state index >= 15 is 0 Å². The molecule has 1 aromatic heterocycles.